The molecule has 0 saturated carbocycles. The zero-order valence-corrected chi connectivity index (χ0v) is 30.9. The van der Waals surface area contributed by atoms with Gasteiger partial charge in [-0.3, -0.25) is 38.0 Å². The third-order valence-electron chi connectivity index (χ3n) is 9.40. The molecular formula is C37H37N7O12S. The van der Waals surface area contributed by atoms with Crippen LogP contribution in [-0.2, 0) is 31.0 Å². The Hall–Kier alpha value is -6.67. The Bertz CT molecular complexity index is 2490. The fourth-order valence-corrected chi connectivity index (χ4v) is 7.19. The molecule has 6 rings (SSSR count). The number of amides is 4. The van der Waals surface area contributed by atoms with Crippen LogP contribution in [0.15, 0.2) is 76.1 Å². The first kappa shape index (κ1) is 40.0. The van der Waals surface area contributed by atoms with Crippen LogP contribution in [0.2, 0.25) is 0 Å². The van der Waals surface area contributed by atoms with Gasteiger partial charge in [-0.1, -0.05) is 23.4 Å². The second-order valence-corrected chi connectivity index (χ2v) is 14.9. The molecule has 6 N–H and O–H groups in total. The summed E-state index contributed by atoms with van der Waals surface area (Å²) in [5.41, 5.74) is 2.25. The number of benzene rings is 3. The van der Waals surface area contributed by atoms with E-state index in [4.69, 9.17) is 9.52 Å². The van der Waals surface area contributed by atoms with E-state index in [1.54, 1.807) is 29.2 Å². The van der Waals surface area contributed by atoms with Gasteiger partial charge in [0, 0.05) is 72.9 Å². The molecule has 57 heavy (non-hydrogen) atoms. The van der Waals surface area contributed by atoms with E-state index in [0.717, 1.165) is 0 Å². The molecule has 1 aromatic heterocycles. The summed E-state index contributed by atoms with van der Waals surface area (Å²) in [6, 6.07) is 16.3. The van der Waals surface area contributed by atoms with E-state index in [-0.39, 0.29) is 47.7 Å². The standard InChI is InChI=1S/C37H37N7O12S/c45-22-6-8-26-29(16-22)56-30-17-23(46)7-9-27(30)33(26)24-4-1-2-5-25(24)37(52)43-14-10-21(11-15-43)34(49)38-12-3-13-44-20-28(41-42-44)35(50)39-18-31(57(53,54)55)36(51)40-19-32(47)48/h1-2,4-9,16-17,20-21,31,45H,3,10-15,18-19H2,(H,38,49)(H,39,50)(H,40,51)(H,47,48)(H,53,54,55). The lowest BCUT2D eigenvalue weighted by Crippen LogP contribution is -2.48. The van der Waals surface area contributed by atoms with Crippen LogP contribution in [0, 0.1) is 5.92 Å². The maximum Gasteiger partial charge on any atom is 0.322 e. The van der Waals surface area contributed by atoms with Crippen molar-refractivity contribution >= 4 is 50.7 Å². The molecule has 298 valence electrons. The second-order valence-electron chi connectivity index (χ2n) is 13.3. The number of hydrogen-bond acceptors (Lipinski definition) is 12. The lowest BCUT2D eigenvalue weighted by molar-refractivity contribution is -0.137. The van der Waals surface area contributed by atoms with Gasteiger partial charge < -0.3 is 35.5 Å². The first-order valence-electron chi connectivity index (χ1n) is 17.7. The number of carboxylic acid groups (broad SMARTS) is 1. The number of carboxylic acids is 1. The number of phenolic OH excluding ortho intramolecular Hbond substituents is 1. The number of aromatic hydroxyl groups is 1. The Morgan fingerprint density at radius 3 is 2.44 bits per heavy atom. The van der Waals surface area contributed by atoms with E-state index in [1.807, 2.05) is 17.4 Å². The van der Waals surface area contributed by atoms with Crippen LogP contribution >= 0.6 is 0 Å². The molecule has 2 aliphatic heterocycles. The van der Waals surface area contributed by atoms with Crippen molar-refractivity contribution in [1.29, 1.82) is 0 Å². The first-order chi connectivity index (χ1) is 27.2. The van der Waals surface area contributed by atoms with Crippen LogP contribution in [0.1, 0.15) is 40.1 Å². The van der Waals surface area contributed by atoms with E-state index < -0.39 is 46.2 Å². The summed E-state index contributed by atoms with van der Waals surface area (Å²) in [6.45, 7) is -0.560. The quantitative estimate of drug-likeness (QED) is 0.0521. The van der Waals surface area contributed by atoms with Crippen molar-refractivity contribution in [3.8, 4) is 28.2 Å². The highest BCUT2D eigenvalue weighted by Crippen LogP contribution is 2.42. The number of hydrogen-bond donors (Lipinski definition) is 6. The number of fused-ring (bicyclic) bond motifs is 2. The molecule has 3 heterocycles. The van der Waals surface area contributed by atoms with E-state index in [2.05, 4.69) is 20.9 Å². The van der Waals surface area contributed by atoms with Gasteiger partial charge in [-0.25, -0.2) is 0 Å². The Labute approximate surface area is 323 Å². The number of aryl methyl sites for hydroxylation is 1. The van der Waals surface area contributed by atoms with Crippen LogP contribution in [0.4, 0.5) is 0 Å². The summed E-state index contributed by atoms with van der Waals surface area (Å²) in [7, 11) is -4.99. The van der Waals surface area contributed by atoms with E-state index in [1.165, 1.54) is 35.1 Å². The first-order valence-corrected chi connectivity index (χ1v) is 19.2. The summed E-state index contributed by atoms with van der Waals surface area (Å²) in [5.74, 6) is -4.08. The maximum atomic E-state index is 14.0. The maximum absolute atomic E-state index is 14.0. The van der Waals surface area contributed by atoms with Gasteiger partial charge in [0.05, 0.1) is 6.20 Å². The third-order valence-corrected chi connectivity index (χ3v) is 10.5. The molecule has 0 bridgehead atoms. The molecule has 4 amide bonds. The summed E-state index contributed by atoms with van der Waals surface area (Å²) in [6.07, 6.45) is 2.54. The number of nitrogens with zero attached hydrogens (tertiary/aromatic N) is 4. The molecule has 1 unspecified atom stereocenters. The number of carbonyl (C=O) groups is 5. The van der Waals surface area contributed by atoms with Crippen molar-refractivity contribution in [1.82, 2.24) is 35.8 Å². The number of aliphatic carboxylic acids is 1. The minimum Gasteiger partial charge on any atom is -0.508 e. The van der Waals surface area contributed by atoms with Gasteiger partial charge in [0.2, 0.25) is 11.8 Å². The number of aromatic nitrogens is 3. The van der Waals surface area contributed by atoms with E-state index in [9.17, 15) is 46.8 Å². The summed E-state index contributed by atoms with van der Waals surface area (Å²) >= 11 is 0. The molecule has 3 aromatic rings. The normalized spacial score (nSPS) is 13.9. The predicted octanol–water partition coefficient (Wildman–Crippen LogP) is 1.11. The molecule has 1 atom stereocenters. The third kappa shape index (κ3) is 9.42. The van der Waals surface area contributed by atoms with Crippen molar-refractivity contribution < 1.29 is 51.6 Å². The zero-order chi connectivity index (χ0) is 40.9. The van der Waals surface area contributed by atoms with Crippen LogP contribution in [0.5, 0.6) is 5.75 Å². The minimum atomic E-state index is -4.99. The van der Waals surface area contributed by atoms with Crippen molar-refractivity contribution in [3.63, 3.8) is 0 Å². The highest BCUT2D eigenvalue weighted by atomic mass is 32.2. The Balaban J connectivity index is 1.00. The molecule has 2 aromatic carbocycles. The highest BCUT2D eigenvalue weighted by molar-refractivity contribution is 7.87. The topological polar surface area (TPSA) is 280 Å². The Morgan fingerprint density at radius 1 is 0.947 bits per heavy atom. The summed E-state index contributed by atoms with van der Waals surface area (Å²) in [4.78, 5) is 76.1. The molecule has 1 fully saturated rings. The molecule has 1 saturated heterocycles. The van der Waals surface area contributed by atoms with Gasteiger partial charge in [0.1, 0.15) is 23.6 Å². The van der Waals surface area contributed by atoms with Gasteiger partial charge in [-0.05, 0) is 55.2 Å². The summed E-state index contributed by atoms with van der Waals surface area (Å²) < 4.78 is 39.8. The fourth-order valence-electron chi connectivity index (χ4n) is 6.55. The number of carbonyl (C=O) groups excluding carboxylic acids is 4. The van der Waals surface area contributed by atoms with Crippen molar-refractivity contribution in [2.45, 2.75) is 31.1 Å². The van der Waals surface area contributed by atoms with Gasteiger partial charge >= 0.3 is 5.97 Å². The van der Waals surface area contributed by atoms with Crippen LogP contribution in [-0.4, -0.2) is 111 Å². The lowest BCUT2D eigenvalue weighted by Gasteiger charge is -2.32. The highest BCUT2D eigenvalue weighted by Gasteiger charge is 2.33. The predicted molar refractivity (Wildman–Crippen MR) is 201 cm³/mol. The van der Waals surface area contributed by atoms with Gasteiger partial charge in [0.15, 0.2) is 16.4 Å². The summed E-state index contributed by atoms with van der Waals surface area (Å²) in [5, 5.41) is 31.7. The number of piperidine rings is 1. The Kier molecular flexibility index (Phi) is 11.9. The van der Waals surface area contributed by atoms with Gasteiger partial charge in [-0.15, -0.1) is 5.10 Å². The average Bonchev–Trinajstić information content (AvgIpc) is 3.66. The molecule has 19 nitrogen and oxygen atoms in total. The van der Waals surface area contributed by atoms with E-state index >= 15 is 0 Å². The molecular weight excluding hydrogens is 767 g/mol. The van der Waals surface area contributed by atoms with Gasteiger partial charge in [0.25, 0.3) is 21.9 Å². The molecule has 3 aliphatic rings. The van der Waals surface area contributed by atoms with Crippen LogP contribution in [0.25, 0.3) is 33.4 Å². The van der Waals surface area contributed by atoms with Crippen molar-refractivity contribution in [2.75, 3.05) is 32.7 Å². The Morgan fingerprint density at radius 2 is 1.70 bits per heavy atom. The molecule has 0 spiro atoms. The largest absolute Gasteiger partial charge is 0.508 e. The van der Waals surface area contributed by atoms with E-state index in [0.29, 0.717) is 71.3 Å². The van der Waals surface area contributed by atoms with Gasteiger partial charge in [-0.2, -0.15) is 8.42 Å². The zero-order valence-electron chi connectivity index (χ0n) is 30.1. The van der Waals surface area contributed by atoms with Crippen molar-refractivity contribution in [2.24, 2.45) is 5.92 Å². The number of phenols is 1. The average molecular weight is 804 g/mol. The molecule has 20 heteroatoms. The molecule has 1 aliphatic carbocycles. The van der Waals surface area contributed by atoms with Crippen LogP contribution < -0.4 is 21.4 Å². The lowest BCUT2D eigenvalue weighted by atomic mass is 9.89. The SMILES string of the molecule is O=C(O)CNC(=O)C(CNC(=O)c1cn(CCCNC(=O)C2CCN(C(=O)c3ccccc3-c3c4ccc(=O)cc-4oc4cc(O)ccc34)CC2)nn1)S(=O)(=O)O. The number of nitrogens with one attached hydrogen (secondary N) is 3. The van der Waals surface area contributed by atoms with Crippen molar-refractivity contribution in [3.05, 3.63) is 88.3 Å². The number of likely N-dealkylation sites (tertiary alicyclic amines) is 1. The van der Waals surface area contributed by atoms with Crippen LogP contribution in [0.3, 0.4) is 0 Å². The monoisotopic (exact) mass is 803 g/mol. The molecule has 0 radical (unpaired) electrons. The second kappa shape index (κ2) is 17.0. The minimum absolute atomic E-state index is 0.0141. The fraction of sp³-hybridized carbons (Fsp3) is 0.297. The number of rotatable bonds is 14. The smallest absolute Gasteiger partial charge is 0.322 e.